The number of hydrogen-bond acceptors (Lipinski definition) is 5. The van der Waals surface area contributed by atoms with E-state index in [4.69, 9.17) is 5.73 Å². The molecular formula is C10H12BrN5O2S. The molecule has 0 atom stereocenters. The lowest BCUT2D eigenvalue weighted by atomic mass is 10.3. The first-order valence-corrected chi connectivity index (χ1v) is 7.51. The third kappa shape index (κ3) is 2.87. The molecule has 2 heterocycles. The minimum Gasteiger partial charge on any atom is -0.381 e. The largest absolute Gasteiger partial charge is 0.381 e. The highest BCUT2D eigenvalue weighted by molar-refractivity contribution is 9.10. The molecule has 0 spiro atoms. The highest BCUT2D eigenvalue weighted by Crippen LogP contribution is 2.21. The van der Waals surface area contributed by atoms with E-state index in [1.165, 1.54) is 17.1 Å². The summed E-state index contributed by atoms with van der Waals surface area (Å²) < 4.78 is 28.8. The Labute approximate surface area is 119 Å². The summed E-state index contributed by atoms with van der Waals surface area (Å²) in [6, 6.07) is 1.62. The van der Waals surface area contributed by atoms with Gasteiger partial charge in [-0.25, -0.2) is 13.4 Å². The van der Waals surface area contributed by atoms with Crippen molar-refractivity contribution in [2.45, 2.75) is 11.8 Å². The van der Waals surface area contributed by atoms with Crippen molar-refractivity contribution >= 4 is 37.6 Å². The quantitative estimate of drug-likeness (QED) is 0.871. The van der Waals surface area contributed by atoms with Crippen LogP contribution in [-0.2, 0) is 17.1 Å². The molecule has 3 N–H and O–H groups in total. The summed E-state index contributed by atoms with van der Waals surface area (Å²) in [6.07, 6.45) is 2.86. The van der Waals surface area contributed by atoms with Gasteiger partial charge in [-0.3, -0.25) is 9.40 Å². The number of aryl methyl sites for hydroxylation is 2. The van der Waals surface area contributed by atoms with Crippen molar-refractivity contribution in [3.8, 4) is 0 Å². The lowest BCUT2D eigenvalue weighted by molar-refractivity contribution is 0.601. The van der Waals surface area contributed by atoms with Gasteiger partial charge in [0, 0.05) is 23.9 Å². The van der Waals surface area contributed by atoms with Crippen LogP contribution in [0.5, 0.6) is 0 Å². The van der Waals surface area contributed by atoms with Crippen LogP contribution in [0.2, 0.25) is 0 Å². The molecule has 0 saturated carbocycles. The Morgan fingerprint density at radius 1 is 1.47 bits per heavy atom. The Morgan fingerprint density at radius 3 is 2.68 bits per heavy atom. The first-order chi connectivity index (χ1) is 8.79. The van der Waals surface area contributed by atoms with E-state index < -0.39 is 10.0 Å². The molecule has 2 rings (SSSR count). The molecular weight excluding hydrogens is 334 g/mol. The highest BCUT2D eigenvalue weighted by atomic mass is 79.9. The minimum absolute atomic E-state index is 0.0520. The predicted molar refractivity (Wildman–Crippen MR) is 75.1 cm³/mol. The Hall–Kier alpha value is -1.61. The number of nitrogens with one attached hydrogen (secondary N) is 1. The van der Waals surface area contributed by atoms with E-state index >= 15 is 0 Å². The van der Waals surface area contributed by atoms with Crippen molar-refractivity contribution < 1.29 is 8.42 Å². The van der Waals surface area contributed by atoms with Crippen molar-refractivity contribution in [1.82, 2.24) is 14.8 Å². The van der Waals surface area contributed by atoms with Gasteiger partial charge in [0.15, 0.2) is 5.82 Å². The van der Waals surface area contributed by atoms with Gasteiger partial charge in [0.2, 0.25) is 0 Å². The van der Waals surface area contributed by atoms with Crippen LogP contribution >= 0.6 is 15.9 Å². The Morgan fingerprint density at radius 2 is 2.16 bits per heavy atom. The molecule has 102 valence electrons. The Bertz CT molecular complexity index is 726. The minimum atomic E-state index is -3.79. The average Bonchev–Trinajstić information content (AvgIpc) is 2.63. The molecule has 0 aromatic carbocycles. The van der Waals surface area contributed by atoms with Crippen molar-refractivity contribution in [2.75, 3.05) is 10.5 Å². The summed E-state index contributed by atoms with van der Waals surface area (Å²) in [5, 5.41) is 3.80. The normalized spacial score (nSPS) is 11.5. The molecule has 19 heavy (non-hydrogen) atoms. The van der Waals surface area contributed by atoms with Gasteiger partial charge in [-0.1, -0.05) is 0 Å². The van der Waals surface area contributed by atoms with Crippen LogP contribution in [0.3, 0.4) is 0 Å². The molecule has 0 saturated heterocycles. The number of rotatable bonds is 3. The van der Waals surface area contributed by atoms with Crippen LogP contribution in [0.1, 0.15) is 5.56 Å². The maximum atomic E-state index is 12.1. The van der Waals surface area contributed by atoms with Gasteiger partial charge in [-0.15, -0.1) is 0 Å². The van der Waals surface area contributed by atoms with Gasteiger partial charge in [-0.05, 0) is 34.5 Å². The second kappa shape index (κ2) is 4.82. The van der Waals surface area contributed by atoms with Crippen LogP contribution in [0.25, 0.3) is 0 Å². The first-order valence-electron chi connectivity index (χ1n) is 5.23. The number of aromatic nitrogens is 3. The van der Waals surface area contributed by atoms with Crippen molar-refractivity contribution in [1.29, 1.82) is 0 Å². The molecule has 9 heteroatoms. The standard InChI is InChI=1S/C10H12BrN5O2S/c1-6-3-9(13-4-7(6)11)15-19(17,18)8-5-16(2)14-10(8)12/h3-5H,1-2H3,(H2,12,14)(H,13,15). The predicted octanol–water partition coefficient (Wildman–Crippen LogP) is 1.27. The number of halogens is 1. The number of nitrogens with two attached hydrogens (primary N) is 1. The molecule has 0 unspecified atom stereocenters. The number of pyridine rings is 1. The summed E-state index contributed by atoms with van der Waals surface area (Å²) in [5.41, 5.74) is 6.42. The zero-order chi connectivity index (χ0) is 14.2. The number of nitrogen functional groups attached to an aromatic ring is 1. The summed E-state index contributed by atoms with van der Waals surface area (Å²) in [5.74, 6) is 0.174. The maximum Gasteiger partial charge on any atom is 0.268 e. The van der Waals surface area contributed by atoms with Crippen LogP contribution in [0.15, 0.2) is 27.8 Å². The maximum absolute atomic E-state index is 12.1. The lowest BCUT2D eigenvalue weighted by Gasteiger charge is -2.07. The second-order valence-electron chi connectivity index (χ2n) is 3.98. The van der Waals surface area contributed by atoms with E-state index in [1.54, 1.807) is 13.1 Å². The van der Waals surface area contributed by atoms with Gasteiger partial charge in [-0.2, -0.15) is 5.10 Å². The zero-order valence-corrected chi connectivity index (χ0v) is 12.7. The molecule has 0 fully saturated rings. The Balaban J connectivity index is 2.36. The molecule has 0 bridgehead atoms. The fourth-order valence-electron chi connectivity index (χ4n) is 1.48. The molecule has 0 radical (unpaired) electrons. The molecule has 0 aliphatic heterocycles. The molecule has 2 aromatic heterocycles. The summed E-state index contributed by atoms with van der Waals surface area (Å²) in [4.78, 5) is 3.91. The van der Waals surface area contributed by atoms with Crippen molar-refractivity contribution in [2.24, 2.45) is 7.05 Å². The van der Waals surface area contributed by atoms with Gasteiger partial charge in [0.25, 0.3) is 10.0 Å². The highest BCUT2D eigenvalue weighted by Gasteiger charge is 2.21. The van der Waals surface area contributed by atoms with E-state index in [0.717, 1.165) is 10.0 Å². The van der Waals surface area contributed by atoms with Gasteiger partial charge < -0.3 is 5.73 Å². The van der Waals surface area contributed by atoms with Gasteiger partial charge in [0.05, 0.1) is 0 Å². The fourth-order valence-corrected chi connectivity index (χ4v) is 2.80. The number of nitrogens with zero attached hydrogens (tertiary/aromatic N) is 3. The first kappa shape index (κ1) is 13.8. The van der Waals surface area contributed by atoms with E-state index in [1.807, 2.05) is 6.92 Å². The smallest absolute Gasteiger partial charge is 0.268 e. The molecule has 2 aromatic rings. The summed E-state index contributed by atoms with van der Waals surface area (Å²) in [7, 11) is -2.19. The molecule has 0 aliphatic carbocycles. The third-order valence-corrected chi connectivity index (χ3v) is 4.60. The van der Waals surface area contributed by atoms with Crippen LogP contribution in [-0.4, -0.2) is 23.2 Å². The van der Waals surface area contributed by atoms with E-state index in [0.29, 0.717) is 0 Å². The number of hydrogen-bond donors (Lipinski definition) is 2. The zero-order valence-electron chi connectivity index (χ0n) is 10.3. The van der Waals surface area contributed by atoms with Gasteiger partial charge >= 0.3 is 0 Å². The van der Waals surface area contributed by atoms with E-state index in [9.17, 15) is 8.42 Å². The van der Waals surface area contributed by atoms with Crippen LogP contribution in [0, 0.1) is 6.92 Å². The SMILES string of the molecule is Cc1cc(NS(=O)(=O)c2cn(C)nc2N)ncc1Br. The summed E-state index contributed by atoms with van der Waals surface area (Å²) >= 11 is 3.30. The second-order valence-corrected chi connectivity index (χ2v) is 6.48. The van der Waals surface area contributed by atoms with E-state index in [-0.39, 0.29) is 16.5 Å². The monoisotopic (exact) mass is 345 g/mol. The third-order valence-electron chi connectivity index (χ3n) is 2.40. The molecule has 0 amide bonds. The van der Waals surface area contributed by atoms with E-state index in [2.05, 4.69) is 30.7 Å². The van der Waals surface area contributed by atoms with Gasteiger partial charge in [0.1, 0.15) is 10.7 Å². The average molecular weight is 346 g/mol. The van der Waals surface area contributed by atoms with Crippen molar-refractivity contribution in [3.63, 3.8) is 0 Å². The molecule has 0 aliphatic rings. The molecule has 7 nitrogen and oxygen atoms in total. The van der Waals surface area contributed by atoms with Crippen LogP contribution in [0.4, 0.5) is 11.6 Å². The number of sulfonamides is 1. The lowest BCUT2D eigenvalue weighted by Crippen LogP contribution is -2.15. The van der Waals surface area contributed by atoms with Crippen LogP contribution < -0.4 is 10.5 Å². The summed E-state index contributed by atoms with van der Waals surface area (Å²) in [6.45, 7) is 1.84. The van der Waals surface area contributed by atoms with Crippen molar-refractivity contribution in [3.05, 3.63) is 28.5 Å². The number of anilines is 2. The topological polar surface area (TPSA) is 103 Å². The fraction of sp³-hybridized carbons (Fsp3) is 0.200. The Kier molecular flexibility index (Phi) is 3.50.